The fourth-order valence-electron chi connectivity index (χ4n) is 2.75. The van der Waals surface area contributed by atoms with Crippen molar-refractivity contribution in [1.29, 1.82) is 0 Å². The summed E-state index contributed by atoms with van der Waals surface area (Å²) < 4.78 is 2.67. The summed E-state index contributed by atoms with van der Waals surface area (Å²) >= 11 is 13.8. The summed E-state index contributed by atoms with van der Waals surface area (Å²) in [6.07, 6.45) is 0. The lowest BCUT2D eigenvalue weighted by Gasteiger charge is -2.07. The molecule has 0 saturated heterocycles. The third-order valence-corrected chi connectivity index (χ3v) is 6.67. The number of rotatable bonds is 5. The van der Waals surface area contributed by atoms with Crippen LogP contribution in [0.25, 0.3) is 16.0 Å². The van der Waals surface area contributed by atoms with E-state index < -0.39 is 0 Å². The lowest BCUT2D eigenvalue weighted by molar-refractivity contribution is -0.113. The maximum Gasteiger partial charge on any atom is 0.271 e. The van der Waals surface area contributed by atoms with Crippen molar-refractivity contribution in [2.24, 2.45) is 0 Å². The minimum Gasteiger partial charge on any atom is -0.325 e. The Kier molecular flexibility index (Phi) is 6.05. The quantitative estimate of drug-likeness (QED) is 0.236. The summed E-state index contributed by atoms with van der Waals surface area (Å²) in [7, 11) is 0. The second-order valence-electron chi connectivity index (χ2n) is 6.41. The van der Waals surface area contributed by atoms with Crippen LogP contribution in [-0.2, 0) is 4.79 Å². The van der Waals surface area contributed by atoms with Crippen LogP contribution >= 0.6 is 46.9 Å². The van der Waals surface area contributed by atoms with Gasteiger partial charge in [-0.25, -0.2) is 4.98 Å². The van der Waals surface area contributed by atoms with Gasteiger partial charge >= 0.3 is 0 Å². The van der Waals surface area contributed by atoms with Crippen LogP contribution in [0.2, 0.25) is 5.02 Å². The number of aromatic nitrogens is 3. The fourth-order valence-corrected chi connectivity index (χ4v) is 4.80. The molecule has 0 radical (unpaired) electrons. The SMILES string of the molecule is Cc1ccc(NC(=O)CSc2nc3c(sc(=S)n3-c3ccc(Cl)cc3)c(=O)[nH]2)cc1. The maximum atomic E-state index is 12.5. The third kappa shape index (κ3) is 4.49. The molecule has 0 saturated carbocycles. The molecule has 1 amide bonds. The molecule has 2 N–H and O–H groups in total. The van der Waals surface area contributed by atoms with Crippen LogP contribution in [0.3, 0.4) is 0 Å². The van der Waals surface area contributed by atoms with Gasteiger partial charge in [0.25, 0.3) is 5.56 Å². The Bertz CT molecular complexity index is 1340. The second-order valence-corrected chi connectivity index (χ2v) is 9.45. The van der Waals surface area contributed by atoms with E-state index in [9.17, 15) is 9.59 Å². The summed E-state index contributed by atoms with van der Waals surface area (Å²) in [6.45, 7) is 1.98. The number of anilines is 1. The van der Waals surface area contributed by atoms with E-state index in [0.717, 1.165) is 28.7 Å². The van der Waals surface area contributed by atoms with Crippen molar-refractivity contribution in [2.45, 2.75) is 12.1 Å². The molecule has 2 aromatic carbocycles. The Morgan fingerprint density at radius 1 is 1.23 bits per heavy atom. The van der Waals surface area contributed by atoms with Gasteiger partial charge in [0, 0.05) is 16.4 Å². The number of nitrogens with zero attached hydrogens (tertiary/aromatic N) is 2. The van der Waals surface area contributed by atoms with Gasteiger partial charge in [0.2, 0.25) is 5.91 Å². The van der Waals surface area contributed by atoms with E-state index in [2.05, 4.69) is 15.3 Å². The molecule has 0 atom stereocenters. The minimum atomic E-state index is -0.287. The lowest BCUT2D eigenvalue weighted by atomic mass is 10.2. The van der Waals surface area contributed by atoms with Crippen molar-refractivity contribution >= 4 is 68.9 Å². The van der Waals surface area contributed by atoms with Crippen LogP contribution in [0.15, 0.2) is 58.5 Å². The van der Waals surface area contributed by atoms with Gasteiger partial charge in [0.1, 0.15) is 4.70 Å². The Labute approximate surface area is 189 Å². The van der Waals surface area contributed by atoms with Gasteiger partial charge in [-0.2, -0.15) is 0 Å². The molecule has 4 rings (SSSR count). The number of carbonyl (C=O) groups excluding carboxylic acids is 1. The molecule has 2 aromatic heterocycles. The predicted octanol–water partition coefficient (Wildman–Crippen LogP) is 5.20. The number of aromatic amines is 1. The highest BCUT2D eigenvalue weighted by atomic mass is 35.5. The molecule has 6 nitrogen and oxygen atoms in total. The van der Waals surface area contributed by atoms with Gasteiger partial charge in [-0.3, -0.25) is 14.2 Å². The minimum absolute atomic E-state index is 0.105. The highest BCUT2D eigenvalue weighted by molar-refractivity contribution is 7.99. The van der Waals surface area contributed by atoms with Crippen LogP contribution in [0.1, 0.15) is 5.56 Å². The Morgan fingerprint density at radius 3 is 2.63 bits per heavy atom. The van der Waals surface area contributed by atoms with Gasteiger partial charge in [-0.1, -0.05) is 52.4 Å². The number of benzene rings is 2. The zero-order valence-electron chi connectivity index (χ0n) is 15.6. The predicted molar refractivity (Wildman–Crippen MR) is 126 cm³/mol. The monoisotopic (exact) mass is 474 g/mol. The average molecular weight is 475 g/mol. The summed E-state index contributed by atoms with van der Waals surface area (Å²) in [4.78, 5) is 32.1. The van der Waals surface area contributed by atoms with Crippen molar-refractivity contribution in [2.75, 3.05) is 11.1 Å². The van der Waals surface area contributed by atoms with E-state index in [1.54, 1.807) is 16.7 Å². The number of thioether (sulfide) groups is 1. The molecule has 0 spiro atoms. The summed E-state index contributed by atoms with van der Waals surface area (Å²) in [6, 6.07) is 14.7. The van der Waals surface area contributed by atoms with E-state index in [-0.39, 0.29) is 17.2 Å². The number of amides is 1. The summed E-state index contributed by atoms with van der Waals surface area (Å²) in [5.74, 6) is -0.0832. The molecule has 30 heavy (non-hydrogen) atoms. The Hall–Kier alpha value is -2.46. The fraction of sp³-hybridized carbons (Fsp3) is 0.100. The normalized spacial score (nSPS) is 11.0. The maximum absolute atomic E-state index is 12.5. The van der Waals surface area contributed by atoms with E-state index >= 15 is 0 Å². The molecule has 152 valence electrons. The van der Waals surface area contributed by atoms with E-state index in [0.29, 0.717) is 24.5 Å². The molecule has 2 heterocycles. The smallest absolute Gasteiger partial charge is 0.271 e. The Balaban J connectivity index is 1.59. The van der Waals surface area contributed by atoms with E-state index in [1.807, 2.05) is 43.3 Å². The number of fused-ring (bicyclic) bond motifs is 1. The second kappa shape index (κ2) is 8.73. The zero-order valence-corrected chi connectivity index (χ0v) is 18.8. The molecule has 0 fully saturated rings. The van der Waals surface area contributed by atoms with Crippen LogP contribution in [0, 0.1) is 10.9 Å². The highest BCUT2D eigenvalue weighted by Gasteiger charge is 2.14. The van der Waals surface area contributed by atoms with Gasteiger partial charge in [-0.15, -0.1) is 0 Å². The van der Waals surface area contributed by atoms with Crippen molar-refractivity contribution in [3.63, 3.8) is 0 Å². The summed E-state index contributed by atoms with van der Waals surface area (Å²) in [5.41, 5.74) is 2.77. The van der Waals surface area contributed by atoms with Crippen molar-refractivity contribution < 1.29 is 4.79 Å². The molecule has 0 aliphatic carbocycles. The number of aryl methyl sites for hydroxylation is 1. The molecule has 0 bridgehead atoms. The number of carbonyl (C=O) groups is 1. The molecule has 0 aliphatic heterocycles. The van der Waals surface area contributed by atoms with Gasteiger partial charge in [-0.05, 0) is 55.5 Å². The number of halogens is 1. The number of nitrogens with one attached hydrogen (secondary N) is 2. The van der Waals surface area contributed by atoms with Gasteiger partial charge in [0.15, 0.2) is 14.8 Å². The lowest BCUT2D eigenvalue weighted by Crippen LogP contribution is -2.15. The van der Waals surface area contributed by atoms with Crippen LogP contribution in [-0.4, -0.2) is 26.2 Å². The van der Waals surface area contributed by atoms with E-state index in [4.69, 9.17) is 23.8 Å². The first kappa shape index (κ1) is 20.8. The largest absolute Gasteiger partial charge is 0.325 e. The number of hydrogen-bond acceptors (Lipinski definition) is 6. The van der Waals surface area contributed by atoms with Gasteiger partial charge in [0.05, 0.1) is 5.75 Å². The molecule has 0 unspecified atom stereocenters. The van der Waals surface area contributed by atoms with Crippen LogP contribution in [0.4, 0.5) is 5.69 Å². The first-order chi connectivity index (χ1) is 14.4. The van der Waals surface area contributed by atoms with Gasteiger partial charge < -0.3 is 10.3 Å². The topological polar surface area (TPSA) is 79.8 Å². The molecule has 10 heteroatoms. The van der Waals surface area contributed by atoms with Crippen molar-refractivity contribution in [1.82, 2.24) is 14.5 Å². The molecule has 4 aromatic rings. The van der Waals surface area contributed by atoms with Crippen molar-refractivity contribution in [3.8, 4) is 5.69 Å². The van der Waals surface area contributed by atoms with Crippen molar-refractivity contribution in [3.05, 3.63) is 73.4 Å². The highest BCUT2D eigenvalue weighted by Crippen LogP contribution is 2.25. The van der Waals surface area contributed by atoms with Crippen LogP contribution < -0.4 is 10.9 Å². The molecular formula is C20H15ClN4O2S3. The first-order valence-corrected chi connectivity index (χ1v) is 11.4. The Morgan fingerprint density at radius 2 is 1.93 bits per heavy atom. The average Bonchev–Trinajstić information content (AvgIpc) is 3.05. The zero-order chi connectivity index (χ0) is 21.3. The number of thiazole rings is 1. The number of H-pyrrole nitrogens is 1. The standard InChI is InChI=1S/C20H15ClN4O2S3/c1-11-2-6-13(7-3-11)22-15(26)10-29-19-23-17-16(18(27)24-19)30-20(28)25(17)14-8-4-12(21)5-9-14/h2-9H,10H2,1H3,(H,22,26)(H,23,24,27). The molecule has 0 aliphatic rings. The molecular weight excluding hydrogens is 460 g/mol. The van der Waals surface area contributed by atoms with Crippen LogP contribution in [0.5, 0.6) is 0 Å². The third-order valence-electron chi connectivity index (χ3n) is 4.18. The summed E-state index contributed by atoms with van der Waals surface area (Å²) in [5, 5.41) is 3.78. The van der Waals surface area contributed by atoms with E-state index in [1.165, 1.54) is 11.3 Å². The first-order valence-electron chi connectivity index (χ1n) is 8.82. The number of hydrogen-bond donors (Lipinski definition) is 2.